The van der Waals surface area contributed by atoms with Gasteiger partial charge in [-0.2, -0.15) is 0 Å². The first-order valence-electron chi connectivity index (χ1n) is 6.43. The highest BCUT2D eigenvalue weighted by Crippen LogP contribution is 2.28. The van der Waals surface area contributed by atoms with Gasteiger partial charge in [-0.1, -0.05) is 0 Å². The number of rotatable bonds is 2. The number of nitrogens with zero attached hydrogens (tertiary/aromatic N) is 3. The third-order valence-corrected chi connectivity index (χ3v) is 3.30. The van der Waals surface area contributed by atoms with Gasteiger partial charge in [0.2, 0.25) is 5.91 Å². The van der Waals surface area contributed by atoms with Crippen LogP contribution in [0.25, 0.3) is 0 Å². The molecule has 1 amide bonds. The summed E-state index contributed by atoms with van der Waals surface area (Å²) in [6.45, 7) is 4.73. The van der Waals surface area contributed by atoms with E-state index in [1.54, 1.807) is 0 Å². The Balaban J connectivity index is 2.30. The van der Waals surface area contributed by atoms with E-state index in [9.17, 15) is 4.79 Å². The fourth-order valence-electron chi connectivity index (χ4n) is 2.52. The first-order chi connectivity index (χ1) is 8.61. The predicted octanol–water partition coefficient (Wildman–Crippen LogP) is 1.11. The number of carbonyl (C=O) groups excluding carboxylic acids is 1. The third-order valence-electron chi connectivity index (χ3n) is 3.30. The van der Waals surface area contributed by atoms with Crippen LogP contribution >= 0.6 is 0 Å². The van der Waals surface area contributed by atoms with Gasteiger partial charge in [0, 0.05) is 17.9 Å². The molecule has 0 saturated carbocycles. The lowest BCUT2D eigenvalue weighted by atomic mass is 10.0. The Morgan fingerprint density at radius 3 is 2.67 bits per heavy atom. The third kappa shape index (κ3) is 2.67. The Morgan fingerprint density at radius 2 is 2.06 bits per heavy atom. The number of aromatic nitrogens is 2. The zero-order chi connectivity index (χ0) is 13.1. The second-order valence-electron chi connectivity index (χ2n) is 4.81. The lowest BCUT2D eigenvalue weighted by molar-refractivity contribution is -0.133. The van der Waals surface area contributed by atoms with Gasteiger partial charge in [-0.15, -0.1) is 0 Å². The molecule has 1 fully saturated rings. The van der Waals surface area contributed by atoms with Crippen LogP contribution < -0.4 is 5.73 Å². The normalized spacial score (nSPS) is 19.9. The van der Waals surface area contributed by atoms with Crippen LogP contribution in [0.15, 0.2) is 6.07 Å². The summed E-state index contributed by atoms with van der Waals surface area (Å²) in [5, 5.41) is 0. The summed E-state index contributed by atoms with van der Waals surface area (Å²) in [5.41, 5.74) is 7.37. The largest absolute Gasteiger partial charge is 0.331 e. The van der Waals surface area contributed by atoms with E-state index in [4.69, 9.17) is 5.73 Å². The van der Waals surface area contributed by atoms with Gasteiger partial charge < -0.3 is 10.6 Å². The molecule has 1 unspecified atom stereocenters. The molecule has 1 aliphatic heterocycles. The molecule has 2 N–H and O–H groups in total. The molecule has 2 rings (SSSR count). The molecule has 2 heterocycles. The van der Waals surface area contributed by atoms with E-state index >= 15 is 0 Å². The fraction of sp³-hybridized carbons (Fsp3) is 0.615. The molecule has 0 aliphatic carbocycles. The van der Waals surface area contributed by atoms with E-state index in [2.05, 4.69) is 9.97 Å². The summed E-state index contributed by atoms with van der Waals surface area (Å²) < 4.78 is 0. The molecule has 0 spiro atoms. The van der Waals surface area contributed by atoms with Crippen molar-refractivity contribution in [2.45, 2.75) is 39.2 Å². The summed E-state index contributed by atoms with van der Waals surface area (Å²) in [4.78, 5) is 22.7. The number of carbonyl (C=O) groups is 1. The van der Waals surface area contributed by atoms with Gasteiger partial charge in [0.05, 0.1) is 12.6 Å². The number of amides is 1. The van der Waals surface area contributed by atoms with Crippen LogP contribution in [0, 0.1) is 13.8 Å². The zero-order valence-corrected chi connectivity index (χ0v) is 11.0. The number of piperidine rings is 1. The highest BCUT2D eigenvalue weighted by atomic mass is 16.2. The van der Waals surface area contributed by atoms with Crippen LogP contribution in [-0.2, 0) is 4.79 Å². The molecule has 5 nitrogen and oxygen atoms in total. The number of likely N-dealkylation sites (tertiary alicyclic amines) is 1. The Hall–Kier alpha value is -1.49. The summed E-state index contributed by atoms with van der Waals surface area (Å²) >= 11 is 0. The molecule has 0 radical (unpaired) electrons. The lowest BCUT2D eigenvalue weighted by Crippen LogP contribution is -2.42. The molecule has 1 saturated heterocycles. The van der Waals surface area contributed by atoms with Crippen molar-refractivity contribution in [3.8, 4) is 0 Å². The van der Waals surface area contributed by atoms with E-state index in [-0.39, 0.29) is 18.5 Å². The lowest BCUT2D eigenvalue weighted by Gasteiger charge is -2.34. The van der Waals surface area contributed by atoms with Gasteiger partial charge in [0.1, 0.15) is 0 Å². The van der Waals surface area contributed by atoms with E-state index in [0.29, 0.717) is 0 Å². The van der Waals surface area contributed by atoms with Gasteiger partial charge in [0.25, 0.3) is 0 Å². The molecular weight excluding hydrogens is 228 g/mol. The van der Waals surface area contributed by atoms with Crippen molar-refractivity contribution in [3.63, 3.8) is 0 Å². The number of hydrogen-bond acceptors (Lipinski definition) is 4. The minimum absolute atomic E-state index is 0.00611. The van der Waals surface area contributed by atoms with Crippen molar-refractivity contribution < 1.29 is 4.79 Å². The second-order valence-corrected chi connectivity index (χ2v) is 4.81. The molecule has 1 aromatic heterocycles. The van der Waals surface area contributed by atoms with Crippen LogP contribution in [0.1, 0.15) is 42.5 Å². The first kappa shape index (κ1) is 13.0. The molecule has 1 aromatic rings. The first-order valence-corrected chi connectivity index (χ1v) is 6.43. The van der Waals surface area contributed by atoms with Gasteiger partial charge in [-0.25, -0.2) is 9.97 Å². The Morgan fingerprint density at radius 1 is 1.39 bits per heavy atom. The Labute approximate surface area is 107 Å². The smallest absolute Gasteiger partial charge is 0.236 e. The maximum atomic E-state index is 11.9. The molecular formula is C13H20N4O. The monoisotopic (exact) mass is 248 g/mol. The van der Waals surface area contributed by atoms with Crippen molar-refractivity contribution in [2.75, 3.05) is 13.1 Å². The molecule has 18 heavy (non-hydrogen) atoms. The Kier molecular flexibility index (Phi) is 3.91. The molecule has 98 valence electrons. The molecule has 1 atom stereocenters. The highest BCUT2D eigenvalue weighted by Gasteiger charge is 2.29. The van der Waals surface area contributed by atoms with Crippen molar-refractivity contribution in [3.05, 3.63) is 23.3 Å². The quantitative estimate of drug-likeness (QED) is 0.851. The number of nitrogens with two attached hydrogens (primary N) is 1. The zero-order valence-electron chi connectivity index (χ0n) is 11.0. The van der Waals surface area contributed by atoms with E-state index in [0.717, 1.165) is 43.0 Å². The predicted molar refractivity (Wildman–Crippen MR) is 68.9 cm³/mol. The van der Waals surface area contributed by atoms with E-state index in [1.807, 2.05) is 24.8 Å². The van der Waals surface area contributed by atoms with Crippen LogP contribution in [-0.4, -0.2) is 33.9 Å². The van der Waals surface area contributed by atoms with Gasteiger partial charge in [-0.3, -0.25) is 4.79 Å². The van der Waals surface area contributed by atoms with Crippen LogP contribution in [0.5, 0.6) is 0 Å². The summed E-state index contributed by atoms with van der Waals surface area (Å²) in [6.07, 6.45) is 3.07. The molecule has 5 heteroatoms. The van der Waals surface area contributed by atoms with Crippen molar-refractivity contribution >= 4 is 5.91 Å². The van der Waals surface area contributed by atoms with Crippen LogP contribution in [0.2, 0.25) is 0 Å². The Bertz CT molecular complexity index is 426. The van der Waals surface area contributed by atoms with Crippen molar-refractivity contribution in [1.82, 2.24) is 14.9 Å². The minimum Gasteiger partial charge on any atom is -0.331 e. The van der Waals surface area contributed by atoms with Crippen molar-refractivity contribution in [2.24, 2.45) is 5.73 Å². The number of aryl methyl sites for hydroxylation is 2. The van der Waals surface area contributed by atoms with E-state index in [1.165, 1.54) is 0 Å². The standard InChI is InChI=1S/C13H20N4O/c1-9-7-10(2)16-13(15-9)11-5-3-4-6-17(11)12(18)8-14/h7,11H,3-6,8,14H2,1-2H3. The minimum atomic E-state index is -0.0116. The summed E-state index contributed by atoms with van der Waals surface area (Å²) in [6, 6.07) is 1.94. The average Bonchev–Trinajstić information content (AvgIpc) is 2.36. The maximum Gasteiger partial charge on any atom is 0.236 e. The van der Waals surface area contributed by atoms with Crippen LogP contribution in [0.4, 0.5) is 0 Å². The molecule has 0 bridgehead atoms. The summed E-state index contributed by atoms with van der Waals surface area (Å²) in [7, 11) is 0. The maximum absolute atomic E-state index is 11.9. The fourth-order valence-corrected chi connectivity index (χ4v) is 2.52. The number of hydrogen-bond donors (Lipinski definition) is 1. The van der Waals surface area contributed by atoms with E-state index < -0.39 is 0 Å². The topological polar surface area (TPSA) is 72.1 Å². The summed E-state index contributed by atoms with van der Waals surface area (Å²) in [5.74, 6) is 0.747. The van der Waals surface area contributed by atoms with Gasteiger partial charge >= 0.3 is 0 Å². The SMILES string of the molecule is Cc1cc(C)nc(C2CCCCN2C(=O)CN)n1. The average molecular weight is 248 g/mol. The molecule has 0 aromatic carbocycles. The van der Waals surface area contributed by atoms with Crippen molar-refractivity contribution in [1.29, 1.82) is 0 Å². The van der Waals surface area contributed by atoms with Gasteiger partial charge in [-0.05, 0) is 39.2 Å². The van der Waals surface area contributed by atoms with Crippen LogP contribution in [0.3, 0.4) is 0 Å². The molecule has 1 aliphatic rings. The highest BCUT2D eigenvalue weighted by molar-refractivity contribution is 5.78. The van der Waals surface area contributed by atoms with Gasteiger partial charge in [0.15, 0.2) is 5.82 Å². The second kappa shape index (κ2) is 5.44.